The van der Waals surface area contributed by atoms with Crippen molar-refractivity contribution in [3.63, 3.8) is 0 Å². The maximum absolute atomic E-state index is 9.65. The maximum atomic E-state index is 9.65. The molecular formula is C20H22N4O. The first-order chi connectivity index (χ1) is 12.2. The number of aliphatic hydroxyl groups is 1. The van der Waals surface area contributed by atoms with Crippen molar-refractivity contribution in [1.82, 2.24) is 14.6 Å². The molecule has 0 radical (unpaired) electrons. The number of nitrogens with zero attached hydrogens (tertiary/aromatic N) is 3. The van der Waals surface area contributed by atoms with Crippen molar-refractivity contribution in [2.24, 2.45) is 0 Å². The average Bonchev–Trinajstić information content (AvgIpc) is 3.07. The summed E-state index contributed by atoms with van der Waals surface area (Å²) in [6, 6.07) is 14.4. The van der Waals surface area contributed by atoms with E-state index in [0.29, 0.717) is 6.04 Å². The highest BCUT2D eigenvalue weighted by Crippen LogP contribution is 2.24. The predicted molar refractivity (Wildman–Crippen MR) is 99.5 cm³/mol. The highest BCUT2D eigenvalue weighted by Gasteiger charge is 2.19. The van der Waals surface area contributed by atoms with Crippen LogP contribution in [0.4, 0.5) is 5.82 Å². The van der Waals surface area contributed by atoms with E-state index in [9.17, 15) is 5.11 Å². The van der Waals surface area contributed by atoms with Crippen LogP contribution >= 0.6 is 0 Å². The lowest BCUT2D eigenvalue weighted by Gasteiger charge is -2.26. The van der Waals surface area contributed by atoms with Crippen molar-refractivity contribution in [2.45, 2.75) is 37.8 Å². The fourth-order valence-electron chi connectivity index (χ4n) is 3.37. The molecule has 0 amide bonds. The molecule has 5 heteroatoms. The van der Waals surface area contributed by atoms with Crippen LogP contribution in [0.1, 0.15) is 36.9 Å². The summed E-state index contributed by atoms with van der Waals surface area (Å²) in [5.74, 6) is 0.828. The predicted octanol–water partition coefficient (Wildman–Crippen LogP) is 3.51. The van der Waals surface area contributed by atoms with Crippen molar-refractivity contribution < 1.29 is 5.11 Å². The normalized spacial score (nSPS) is 20.5. The van der Waals surface area contributed by atoms with Crippen LogP contribution in [0.2, 0.25) is 0 Å². The molecule has 5 nitrogen and oxygen atoms in total. The van der Waals surface area contributed by atoms with Crippen molar-refractivity contribution in [2.75, 3.05) is 5.32 Å². The summed E-state index contributed by atoms with van der Waals surface area (Å²) >= 11 is 0. The van der Waals surface area contributed by atoms with Crippen LogP contribution < -0.4 is 5.32 Å². The Morgan fingerprint density at radius 2 is 1.84 bits per heavy atom. The van der Waals surface area contributed by atoms with Gasteiger partial charge in [-0.05, 0) is 43.4 Å². The molecule has 128 valence electrons. The van der Waals surface area contributed by atoms with E-state index in [1.807, 2.05) is 53.2 Å². The molecule has 0 spiro atoms. The van der Waals surface area contributed by atoms with Gasteiger partial charge in [0.1, 0.15) is 5.82 Å². The molecule has 4 rings (SSSR count). The van der Waals surface area contributed by atoms with Gasteiger partial charge in [-0.2, -0.15) is 0 Å². The number of aliphatic hydroxyl groups excluding tert-OH is 1. The second-order valence-corrected chi connectivity index (χ2v) is 6.63. The van der Waals surface area contributed by atoms with E-state index in [1.54, 1.807) is 0 Å². The number of hydrogen-bond donors (Lipinski definition) is 2. The minimum atomic E-state index is -0.150. The molecular weight excluding hydrogens is 312 g/mol. The van der Waals surface area contributed by atoms with E-state index in [4.69, 9.17) is 5.10 Å². The number of rotatable bonds is 4. The van der Waals surface area contributed by atoms with E-state index in [2.05, 4.69) is 16.9 Å². The second kappa shape index (κ2) is 6.69. The van der Waals surface area contributed by atoms with Gasteiger partial charge in [-0.3, -0.25) is 0 Å². The van der Waals surface area contributed by atoms with Gasteiger partial charge < -0.3 is 10.4 Å². The Balaban J connectivity index is 1.60. The molecule has 0 atom stereocenters. The summed E-state index contributed by atoms with van der Waals surface area (Å²) in [5.41, 5.74) is 3.66. The topological polar surface area (TPSA) is 62.5 Å². The Hall–Kier alpha value is -2.66. The first kappa shape index (κ1) is 15.8. The number of fused-ring (bicyclic) bond motifs is 1. The Kier molecular flexibility index (Phi) is 4.24. The van der Waals surface area contributed by atoms with Crippen LogP contribution in [0.25, 0.3) is 11.2 Å². The van der Waals surface area contributed by atoms with Gasteiger partial charge in [0.05, 0.1) is 18.0 Å². The van der Waals surface area contributed by atoms with Gasteiger partial charge in [0, 0.05) is 11.6 Å². The van der Waals surface area contributed by atoms with Gasteiger partial charge in [0.25, 0.3) is 0 Å². The van der Waals surface area contributed by atoms with Crippen LogP contribution in [0, 0.1) is 0 Å². The smallest absolute Gasteiger partial charge is 0.154 e. The minimum Gasteiger partial charge on any atom is -0.393 e. The van der Waals surface area contributed by atoms with Crippen LogP contribution in [-0.2, 0) is 0 Å². The van der Waals surface area contributed by atoms with Gasteiger partial charge in [0.15, 0.2) is 5.65 Å². The fourth-order valence-corrected chi connectivity index (χ4v) is 3.37. The Morgan fingerprint density at radius 1 is 1.08 bits per heavy atom. The summed E-state index contributed by atoms with van der Waals surface area (Å²) in [5, 5.41) is 17.9. The molecule has 1 aliphatic rings. The van der Waals surface area contributed by atoms with E-state index < -0.39 is 0 Å². The summed E-state index contributed by atoms with van der Waals surface area (Å²) < 4.78 is 1.84. The van der Waals surface area contributed by atoms with E-state index in [1.165, 1.54) is 0 Å². The van der Waals surface area contributed by atoms with Gasteiger partial charge in [-0.15, -0.1) is 5.10 Å². The number of hydrogen-bond acceptors (Lipinski definition) is 4. The number of nitrogens with one attached hydrogen (secondary N) is 1. The van der Waals surface area contributed by atoms with Crippen LogP contribution in [-0.4, -0.2) is 31.9 Å². The van der Waals surface area contributed by atoms with Crippen molar-refractivity contribution in [3.8, 4) is 0 Å². The number of imidazole rings is 1. The van der Waals surface area contributed by atoms with Gasteiger partial charge >= 0.3 is 0 Å². The summed E-state index contributed by atoms with van der Waals surface area (Å²) in [6.45, 7) is 4.22. The van der Waals surface area contributed by atoms with Crippen molar-refractivity contribution in [3.05, 3.63) is 66.5 Å². The van der Waals surface area contributed by atoms with E-state index >= 15 is 0 Å². The molecule has 1 saturated carbocycles. The van der Waals surface area contributed by atoms with Crippen LogP contribution in [0.15, 0.2) is 55.2 Å². The number of anilines is 1. The Bertz CT molecular complexity index is 879. The van der Waals surface area contributed by atoms with E-state index in [-0.39, 0.29) is 6.10 Å². The largest absolute Gasteiger partial charge is 0.393 e. The maximum Gasteiger partial charge on any atom is 0.154 e. The van der Waals surface area contributed by atoms with E-state index in [0.717, 1.165) is 54.0 Å². The molecule has 0 bridgehead atoms. The molecule has 25 heavy (non-hydrogen) atoms. The fraction of sp³-hybridized carbons (Fsp3) is 0.300. The third-order valence-electron chi connectivity index (χ3n) is 4.84. The monoisotopic (exact) mass is 334 g/mol. The first-order valence-electron chi connectivity index (χ1n) is 8.75. The Morgan fingerprint density at radius 3 is 2.60 bits per heavy atom. The highest BCUT2D eigenvalue weighted by molar-refractivity contribution is 5.77. The molecule has 0 aliphatic heterocycles. The zero-order valence-electron chi connectivity index (χ0n) is 14.1. The lowest BCUT2D eigenvalue weighted by atomic mass is 9.93. The molecule has 2 aromatic heterocycles. The lowest BCUT2D eigenvalue weighted by Crippen LogP contribution is -2.28. The molecule has 2 heterocycles. The molecule has 3 aromatic rings. The average molecular weight is 334 g/mol. The van der Waals surface area contributed by atoms with Gasteiger partial charge in [-0.1, -0.05) is 36.9 Å². The van der Waals surface area contributed by atoms with Gasteiger partial charge in [-0.25, -0.2) is 9.50 Å². The van der Waals surface area contributed by atoms with Crippen LogP contribution in [0.5, 0.6) is 0 Å². The molecule has 2 N–H and O–H groups in total. The summed E-state index contributed by atoms with van der Waals surface area (Å²) in [7, 11) is 0. The summed E-state index contributed by atoms with van der Waals surface area (Å²) in [6.07, 6.45) is 5.30. The minimum absolute atomic E-state index is 0.150. The third-order valence-corrected chi connectivity index (χ3v) is 4.84. The molecule has 0 saturated heterocycles. The SMILES string of the molecule is C=C(c1ccccc1)c1cnc2ccc(NC3CCC(O)CC3)nn12. The lowest BCUT2D eigenvalue weighted by molar-refractivity contribution is 0.126. The zero-order chi connectivity index (χ0) is 17.2. The molecule has 1 aliphatic carbocycles. The highest BCUT2D eigenvalue weighted by atomic mass is 16.3. The number of aromatic nitrogens is 3. The number of benzene rings is 1. The summed E-state index contributed by atoms with van der Waals surface area (Å²) in [4.78, 5) is 4.44. The van der Waals surface area contributed by atoms with Crippen molar-refractivity contribution in [1.29, 1.82) is 0 Å². The van der Waals surface area contributed by atoms with Crippen LogP contribution in [0.3, 0.4) is 0 Å². The Labute approximate surface area is 147 Å². The second-order valence-electron chi connectivity index (χ2n) is 6.63. The quantitative estimate of drug-likeness (QED) is 0.766. The molecule has 1 fully saturated rings. The zero-order valence-corrected chi connectivity index (χ0v) is 14.1. The molecule has 0 unspecified atom stereocenters. The van der Waals surface area contributed by atoms with Crippen molar-refractivity contribution >= 4 is 17.0 Å². The first-order valence-corrected chi connectivity index (χ1v) is 8.75. The third kappa shape index (κ3) is 3.28. The molecule has 1 aromatic carbocycles. The standard InChI is InChI=1S/C20H22N4O/c1-14(15-5-3-2-4-6-15)18-13-21-20-12-11-19(23-24(18)20)22-16-7-9-17(25)10-8-16/h2-6,11-13,16-17,25H,1,7-10H2,(H,22,23). The van der Waals surface area contributed by atoms with Gasteiger partial charge in [0.2, 0.25) is 0 Å².